The smallest absolute Gasteiger partial charge is 0.236 e. The van der Waals surface area contributed by atoms with Crippen LogP contribution >= 0.6 is 15.9 Å². The lowest BCUT2D eigenvalue weighted by atomic mass is 10.0. The maximum absolute atomic E-state index is 11.7. The van der Waals surface area contributed by atoms with E-state index in [0.717, 1.165) is 56.5 Å². The molecule has 0 aliphatic carbocycles. The number of aldehydes is 1. The molecule has 2 aromatic carbocycles. The molecule has 4 heterocycles. The van der Waals surface area contributed by atoms with Gasteiger partial charge in [-0.05, 0) is 51.0 Å². The van der Waals surface area contributed by atoms with Gasteiger partial charge in [0.15, 0.2) is 12.1 Å². The fourth-order valence-corrected chi connectivity index (χ4v) is 4.89. The van der Waals surface area contributed by atoms with E-state index in [1.54, 1.807) is 4.40 Å². The van der Waals surface area contributed by atoms with Crippen LogP contribution in [0.1, 0.15) is 23.1 Å². The van der Waals surface area contributed by atoms with Crippen molar-refractivity contribution < 1.29 is 9.21 Å². The highest BCUT2D eigenvalue weighted by Gasteiger charge is 2.21. The lowest BCUT2D eigenvalue weighted by molar-refractivity contribution is 0.111. The Morgan fingerprint density at radius 3 is 2.75 bits per heavy atom. The number of anilines is 2. The number of nitrogens with one attached hydrogen (secondary N) is 1. The number of hydrogen-bond acceptors (Lipinski definition) is 8. The topological polar surface area (TPSA) is 118 Å². The van der Waals surface area contributed by atoms with E-state index in [0.29, 0.717) is 23.1 Å². The minimum Gasteiger partial charge on any atom is -0.455 e. The van der Waals surface area contributed by atoms with Crippen LogP contribution in [0.3, 0.4) is 0 Å². The number of imidazole rings is 1. The summed E-state index contributed by atoms with van der Waals surface area (Å²) in [5.41, 5.74) is 4.64. The average molecular weight is 543 g/mol. The number of rotatable bonds is 6. The van der Waals surface area contributed by atoms with Crippen LogP contribution in [0, 0.1) is 0 Å². The lowest BCUT2D eigenvalue weighted by Gasteiger charge is -2.22. The van der Waals surface area contributed by atoms with Crippen molar-refractivity contribution >= 4 is 50.5 Å². The number of tetrazole rings is 1. The van der Waals surface area contributed by atoms with E-state index in [1.807, 2.05) is 67.4 Å². The average Bonchev–Trinajstić information content (AvgIpc) is 3.67. The molecule has 11 heteroatoms. The van der Waals surface area contributed by atoms with Crippen LogP contribution in [0.15, 0.2) is 63.6 Å². The normalized spacial score (nSPS) is 11.4. The molecule has 0 bridgehead atoms. The summed E-state index contributed by atoms with van der Waals surface area (Å²) in [7, 11) is 1.95. The van der Waals surface area contributed by atoms with Crippen molar-refractivity contribution in [1.29, 1.82) is 0 Å². The third-order valence-corrected chi connectivity index (χ3v) is 6.92. The monoisotopic (exact) mass is 542 g/mol. The molecule has 36 heavy (non-hydrogen) atoms. The molecule has 0 aliphatic heterocycles. The van der Waals surface area contributed by atoms with Crippen molar-refractivity contribution in [1.82, 2.24) is 35.0 Å². The van der Waals surface area contributed by atoms with Gasteiger partial charge in [-0.25, -0.2) is 15.1 Å². The van der Waals surface area contributed by atoms with E-state index in [-0.39, 0.29) is 0 Å². The minimum atomic E-state index is 0.438. The number of carbonyl (C=O) groups is 1. The van der Waals surface area contributed by atoms with E-state index < -0.39 is 0 Å². The summed E-state index contributed by atoms with van der Waals surface area (Å²) >= 11 is 3.76. The number of benzene rings is 2. The van der Waals surface area contributed by atoms with Gasteiger partial charge in [0, 0.05) is 41.0 Å². The lowest BCUT2D eigenvalue weighted by Crippen LogP contribution is -2.15. The van der Waals surface area contributed by atoms with Gasteiger partial charge in [0.25, 0.3) is 0 Å². The summed E-state index contributed by atoms with van der Waals surface area (Å²) in [4.78, 5) is 22.6. The molecule has 0 fully saturated rings. The highest BCUT2D eigenvalue weighted by atomic mass is 79.9. The van der Waals surface area contributed by atoms with Crippen LogP contribution in [0.5, 0.6) is 0 Å². The Morgan fingerprint density at radius 2 is 2.00 bits per heavy atom. The largest absolute Gasteiger partial charge is 0.455 e. The van der Waals surface area contributed by atoms with Gasteiger partial charge in [0.2, 0.25) is 5.78 Å². The van der Waals surface area contributed by atoms with Gasteiger partial charge in [-0.1, -0.05) is 31.2 Å². The molecule has 0 unspecified atom stereocenters. The van der Waals surface area contributed by atoms with Gasteiger partial charge in [-0.2, -0.15) is 0 Å². The van der Waals surface area contributed by atoms with Crippen molar-refractivity contribution in [2.45, 2.75) is 13.3 Å². The van der Waals surface area contributed by atoms with Gasteiger partial charge < -0.3 is 9.32 Å². The molecule has 0 amide bonds. The molecule has 10 nitrogen and oxygen atoms in total. The van der Waals surface area contributed by atoms with Gasteiger partial charge in [0.1, 0.15) is 22.9 Å². The Hall–Kier alpha value is -4.38. The third-order valence-electron chi connectivity index (χ3n) is 6.14. The zero-order valence-electron chi connectivity index (χ0n) is 19.3. The van der Waals surface area contributed by atoms with Gasteiger partial charge >= 0.3 is 0 Å². The fourth-order valence-electron chi connectivity index (χ4n) is 4.28. The maximum Gasteiger partial charge on any atom is 0.236 e. The first kappa shape index (κ1) is 22.1. The molecule has 1 N–H and O–H groups in total. The zero-order chi connectivity index (χ0) is 24.8. The number of carbonyl (C=O) groups excluding carboxylic acids is 1. The predicted octanol–water partition coefficient (Wildman–Crippen LogP) is 5.23. The van der Waals surface area contributed by atoms with Crippen molar-refractivity contribution in [3.8, 4) is 22.7 Å². The summed E-state index contributed by atoms with van der Waals surface area (Å²) in [5, 5.41) is 15.2. The second-order valence-corrected chi connectivity index (χ2v) is 8.97. The second-order valence-electron chi connectivity index (χ2n) is 8.18. The van der Waals surface area contributed by atoms with Gasteiger partial charge in [0.05, 0.1) is 10.7 Å². The van der Waals surface area contributed by atoms with Crippen molar-refractivity contribution in [2.24, 2.45) is 0 Å². The molecule has 178 valence electrons. The van der Waals surface area contributed by atoms with E-state index in [1.165, 1.54) is 6.20 Å². The highest BCUT2D eigenvalue weighted by Crippen LogP contribution is 2.42. The van der Waals surface area contributed by atoms with Crippen LogP contribution in [-0.4, -0.2) is 48.3 Å². The number of furan rings is 1. The van der Waals surface area contributed by atoms with Crippen LogP contribution < -0.4 is 4.90 Å². The second kappa shape index (κ2) is 8.68. The Labute approximate surface area is 213 Å². The summed E-state index contributed by atoms with van der Waals surface area (Å²) in [6.07, 6.45) is 3.07. The number of aromatic nitrogens is 7. The molecule has 0 aliphatic rings. The molecule has 4 aromatic heterocycles. The number of aromatic amines is 1. The van der Waals surface area contributed by atoms with Crippen LogP contribution in [0.4, 0.5) is 11.5 Å². The highest BCUT2D eigenvalue weighted by molar-refractivity contribution is 9.10. The number of fused-ring (bicyclic) bond motifs is 2. The van der Waals surface area contributed by atoms with E-state index in [4.69, 9.17) is 4.42 Å². The maximum atomic E-state index is 11.7. The van der Waals surface area contributed by atoms with Crippen molar-refractivity contribution in [2.75, 3.05) is 11.9 Å². The Balaban J connectivity index is 1.48. The Morgan fingerprint density at radius 1 is 1.17 bits per heavy atom. The zero-order valence-corrected chi connectivity index (χ0v) is 20.9. The molecule has 0 saturated carbocycles. The SMILES string of the molecule is CCc1cc(N(C)c2ccc3oc(-c4ccccc4-c4nnn[nH]4)c(Br)c3c2)n2c(C=O)cnc2n1. The van der Waals surface area contributed by atoms with Crippen LogP contribution in [-0.2, 0) is 6.42 Å². The molecular weight excluding hydrogens is 524 g/mol. The first-order valence-electron chi connectivity index (χ1n) is 11.2. The van der Waals surface area contributed by atoms with Crippen LogP contribution in [0.2, 0.25) is 0 Å². The number of H-pyrrole nitrogens is 1. The van der Waals surface area contributed by atoms with E-state index in [9.17, 15) is 4.79 Å². The number of aryl methyl sites for hydroxylation is 1. The number of hydrogen-bond donors (Lipinski definition) is 1. The van der Waals surface area contributed by atoms with Crippen LogP contribution in [0.25, 0.3) is 39.5 Å². The number of halogens is 1. The Bertz CT molecular complexity index is 1740. The van der Waals surface area contributed by atoms with Crippen molar-refractivity contribution in [3.63, 3.8) is 0 Å². The standard InChI is InChI=1S/C25H19BrN8O2/c1-3-14-10-21(34-16(13-35)12-27-25(34)28-14)33(2)15-8-9-20-19(11-15)22(26)23(36-20)17-6-4-5-7-18(17)24-29-31-32-30-24/h4-13H,3H2,1-2H3,(H,29,30,31,32). The fraction of sp³-hybridized carbons (Fsp3) is 0.120. The summed E-state index contributed by atoms with van der Waals surface area (Å²) < 4.78 is 8.85. The minimum absolute atomic E-state index is 0.438. The predicted molar refractivity (Wildman–Crippen MR) is 138 cm³/mol. The van der Waals surface area contributed by atoms with E-state index >= 15 is 0 Å². The summed E-state index contributed by atoms with van der Waals surface area (Å²) in [6.45, 7) is 2.04. The molecule has 0 spiro atoms. The van der Waals surface area contributed by atoms with Gasteiger partial charge in [-0.3, -0.25) is 9.20 Å². The molecule has 0 saturated heterocycles. The molecule has 0 atom stereocenters. The quantitative estimate of drug-likeness (QED) is 0.284. The number of nitrogens with zero attached hydrogens (tertiary/aromatic N) is 7. The van der Waals surface area contributed by atoms with E-state index in [2.05, 4.69) is 46.5 Å². The molecule has 6 rings (SSSR count). The Kier molecular flexibility index (Phi) is 5.33. The molecule has 0 radical (unpaired) electrons. The molecular formula is C25H19BrN8O2. The summed E-state index contributed by atoms with van der Waals surface area (Å²) in [5.74, 6) is 2.51. The molecule has 6 aromatic rings. The third kappa shape index (κ3) is 3.47. The van der Waals surface area contributed by atoms with Gasteiger partial charge in [-0.15, -0.1) is 5.10 Å². The first-order chi connectivity index (χ1) is 17.6. The first-order valence-corrected chi connectivity index (χ1v) is 12.0. The van der Waals surface area contributed by atoms with Crippen molar-refractivity contribution in [3.05, 3.63) is 70.6 Å². The summed E-state index contributed by atoms with van der Waals surface area (Å²) in [6, 6.07) is 15.7.